The third-order valence-corrected chi connectivity index (χ3v) is 2.55. The number of halogens is 4. The first kappa shape index (κ1) is 20.5. The van der Waals surface area contributed by atoms with E-state index in [1.807, 2.05) is 13.0 Å². The van der Waals surface area contributed by atoms with Crippen LogP contribution in [0.2, 0.25) is 0 Å². The van der Waals surface area contributed by atoms with E-state index >= 15 is 0 Å². The molecule has 1 aromatic rings. The average Bonchev–Trinajstić information content (AvgIpc) is 2.44. The molecule has 0 heterocycles. The highest BCUT2D eigenvalue weighted by Gasteiger charge is 2.26. The fourth-order valence-corrected chi connectivity index (χ4v) is 1.52. The van der Waals surface area contributed by atoms with Crippen LogP contribution < -0.4 is 10.6 Å². The summed E-state index contributed by atoms with van der Waals surface area (Å²) < 4.78 is 36.3. The lowest BCUT2D eigenvalue weighted by molar-refractivity contribution is -0.132. The number of rotatable bonds is 5. The number of hydrogen-bond donors (Lipinski definition) is 2. The predicted molar refractivity (Wildman–Crippen MR) is 90.1 cm³/mol. The lowest BCUT2D eigenvalue weighted by Gasteiger charge is -2.12. The van der Waals surface area contributed by atoms with E-state index in [0.29, 0.717) is 24.6 Å². The number of benzene rings is 1. The standard InChI is InChI=1S/C14H17F3N4.HI/c1-2-19-13(20-8-7-14(15,16)17)21-10-12-5-3-11(9-18)4-6-12;/h3-6H,2,7-8,10H2,1H3,(H2,19,20,21);1H. The van der Waals surface area contributed by atoms with Gasteiger partial charge in [0.15, 0.2) is 5.96 Å². The SMILES string of the molecule is CCNC(=NCc1ccc(C#N)cc1)NCCC(F)(F)F.I. The molecular formula is C14H18F3IN4. The summed E-state index contributed by atoms with van der Waals surface area (Å²) >= 11 is 0. The number of nitrogens with one attached hydrogen (secondary N) is 2. The molecule has 0 saturated heterocycles. The van der Waals surface area contributed by atoms with E-state index in [0.717, 1.165) is 5.56 Å². The van der Waals surface area contributed by atoms with Gasteiger partial charge in [-0.3, -0.25) is 0 Å². The molecule has 0 aliphatic heterocycles. The van der Waals surface area contributed by atoms with Crippen LogP contribution in [-0.2, 0) is 6.54 Å². The van der Waals surface area contributed by atoms with Gasteiger partial charge in [-0.1, -0.05) is 12.1 Å². The van der Waals surface area contributed by atoms with Crippen molar-refractivity contribution in [2.45, 2.75) is 26.1 Å². The minimum absolute atomic E-state index is 0. The summed E-state index contributed by atoms with van der Waals surface area (Å²) in [5, 5.41) is 14.2. The lowest BCUT2D eigenvalue weighted by Crippen LogP contribution is -2.38. The molecular weight excluding hydrogens is 408 g/mol. The second kappa shape index (κ2) is 10.3. The van der Waals surface area contributed by atoms with Gasteiger partial charge in [-0.25, -0.2) is 4.99 Å². The molecule has 1 aromatic carbocycles. The minimum atomic E-state index is -4.18. The Morgan fingerprint density at radius 2 is 1.86 bits per heavy atom. The molecule has 1 rings (SSSR count). The van der Waals surface area contributed by atoms with Gasteiger partial charge in [0.25, 0.3) is 0 Å². The highest BCUT2D eigenvalue weighted by atomic mass is 127. The molecule has 2 N–H and O–H groups in total. The highest BCUT2D eigenvalue weighted by Crippen LogP contribution is 2.18. The molecule has 0 bridgehead atoms. The van der Waals surface area contributed by atoms with E-state index in [1.54, 1.807) is 24.3 Å². The van der Waals surface area contributed by atoms with Gasteiger partial charge in [-0.05, 0) is 24.6 Å². The Balaban J connectivity index is 0.00000441. The molecule has 0 atom stereocenters. The van der Waals surface area contributed by atoms with Crippen LogP contribution in [0.15, 0.2) is 29.3 Å². The van der Waals surface area contributed by atoms with E-state index in [2.05, 4.69) is 15.6 Å². The Hall–Kier alpha value is -1.50. The van der Waals surface area contributed by atoms with E-state index in [-0.39, 0.29) is 30.5 Å². The minimum Gasteiger partial charge on any atom is -0.357 e. The van der Waals surface area contributed by atoms with Gasteiger partial charge in [0.05, 0.1) is 24.6 Å². The van der Waals surface area contributed by atoms with Crippen molar-refractivity contribution in [3.63, 3.8) is 0 Å². The van der Waals surface area contributed by atoms with Crippen molar-refractivity contribution in [2.75, 3.05) is 13.1 Å². The molecule has 0 aliphatic rings. The maximum Gasteiger partial charge on any atom is 0.390 e. The summed E-state index contributed by atoms with van der Waals surface area (Å²) in [5.41, 5.74) is 1.43. The summed E-state index contributed by atoms with van der Waals surface area (Å²) in [6, 6.07) is 8.90. The van der Waals surface area contributed by atoms with Crippen molar-refractivity contribution in [3.05, 3.63) is 35.4 Å². The number of aliphatic imine (C=N–C) groups is 1. The zero-order valence-electron chi connectivity index (χ0n) is 12.1. The van der Waals surface area contributed by atoms with Gasteiger partial charge in [-0.2, -0.15) is 18.4 Å². The van der Waals surface area contributed by atoms with Gasteiger partial charge in [-0.15, -0.1) is 24.0 Å². The second-order valence-corrected chi connectivity index (χ2v) is 4.30. The van der Waals surface area contributed by atoms with Crippen LogP contribution >= 0.6 is 24.0 Å². The zero-order valence-corrected chi connectivity index (χ0v) is 14.4. The zero-order chi connectivity index (χ0) is 15.7. The van der Waals surface area contributed by atoms with E-state index in [9.17, 15) is 13.2 Å². The average molecular weight is 426 g/mol. The molecule has 0 spiro atoms. The summed E-state index contributed by atoms with van der Waals surface area (Å²) in [6.07, 6.45) is -5.09. The molecule has 122 valence electrons. The predicted octanol–water partition coefficient (Wildman–Crippen LogP) is 3.18. The summed E-state index contributed by atoms with van der Waals surface area (Å²) in [4.78, 5) is 4.20. The van der Waals surface area contributed by atoms with Gasteiger partial charge in [0.2, 0.25) is 0 Å². The van der Waals surface area contributed by atoms with Gasteiger partial charge < -0.3 is 10.6 Å². The third kappa shape index (κ3) is 8.71. The molecule has 0 unspecified atom stereocenters. The summed E-state index contributed by atoms with van der Waals surface area (Å²) in [6.45, 7) is 2.50. The van der Waals surface area contributed by atoms with E-state index in [1.165, 1.54) is 0 Å². The Kier molecular flexibility index (Phi) is 9.56. The maximum atomic E-state index is 12.1. The van der Waals surface area contributed by atoms with Crippen LogP contribution in [-0.4, -0.2) is 25.2 Å². The monoisotopic (exact) mass is 426 g/mol. The number of hydrogen-bond acceptors (Lipinski definition) is 2. The van der Waals surface area contributed by atoms with Crippen LogP contribution in [0.3, 0.4) is 0 Å². The second-order valence-electron chi connectivity index (χ2n) is 4.30. The Morgan fingerprint density at radius 3 is 2.36 bits per heavy atom. The van der Waals surface area contributed by atoms with Gasteiger partial charge >= 0.3 is 6.18 Å². The molecule has 0 aliphatic carbocycles. The van der Waals surface area contributed by atoms with Crippen molar-refractivity contribution in [2.24, 2.45) is 4.99 Å². The summed E-state index contributed by atoms with van der Waals surface area (Å²) in [5.74, 6) is 0.339. The van der Waals surface area contributed by atoms with Crippen molar-refractivity contribution in [1.82, 2.24) is 10.6 Å². The fraction of sp³-hybridized carbons (Fsp3) is 0.429. The Labute approximate surface area is 144 Å². The first-order valence-electron chi connectivity index (χ1n) is 6.52. The number of nitrogens with zero attached hydrogens (tertiary/aromatic N) is 2. The number of guanidine groups is 1. The van der Waals surface area contributed by atoms with Crippen LogP contribution in [0.1, 0.15) is 24.5 Å². The van der Waals surface area contributed by atoms with Crippen LogP contribution in [0.5, 0.6) is 0 Å². The first-order valence-corrected chi connectivity index (χ1v) is 6.52. The third-order valence-electron chi connectivity index (χ3n) is 2.55. The van der Waals surface area contributed by atoms with E-state index in [4.69, 9.17) is 5.26 Å². The van der Waals surface area contributed by atoms with Crippen molar-refractivity contribution >= 4 is 29.9 Å². The number of alkyl halides is 3. The van der Waals surface area contributed by atoms with Crippen molar-refractivity contribution < 1.29 is 13.2 Å². The normalized spacial score (nSPS) is 11.3. The van der Waals surface area contributed by atoms with Crippen LogP contribution in [0, 0.1) is 11.3 Å². The molecule has 4 nitrogen and oxygen atoms in total. The fourth-order valence-electron chi connectivity index (χ4n) is 1.52. The molecule has 0 saturated carbocycles. The molecule has 8 heteroatoms. The van der Waals surface area contributed by atoms with Gasteiger partial charge in [0, 0.05) is 13.1 Å². The summed E-state index contributed by atoms with van der Waals surface area (Å²) in [7, 11) is 0. The quantitative estimate of drug-likeness (QED) is 0.432. The Morgan fingerprint density at radius 1 is 1.23 bits per heavy atom. The first-order chi connectivity index (χ1) is 9.94. The molecule has 22 heavy (non-hydrogen) atoms. The highest BCUT2D eigenvalue weighted by molar-refractivity contribution is 14.0. The largest absolute Gasteiger partial charge is 0.390 e. The van der Waals surface area contributed by atoms with Crippen molar-refractivity contribution in [3.8, 4) is 6.07 Å². The van der Waals surface area contributed by atoms with Crippen LogP contribution in [0.25, 0.3) is 0 Å². The topological polar surface area (TPSA) is 60.2 Å². The molecule has 0 fully saturated rings. The van der Waals surface area contributed by atoms with E-state index < -0.39 is 12.6 Å². The number of nitriles is 1. The lowest BCUT2D eigenvalue weighted by atomic mass is 10.1. The van der Waals surface area contributed by atoms with Crippen LogP contribution in [0.4, 0.5) is 13.2 Å². The smallest absolute Gasteiger partial charge is 0.357 e. The molecule has 0 radical (unpaired) electrons. The molecule has 0 aromatic heterocycles. The molecule has 0 amide bonds. The Bertz CT molecular complexity index is 506. The van der Waals surface area contributed by atoms with Crippen molar-refractivity contribution in [1.29, 1.82) is 5.26 Å². The van der Waals surface area contributed by atoms with Gasteiger partial charge in [0.1, 0.15) is 0 Å². The maximum absolute atomic E-state index is 12.1.